The van der Waals surface area contributed by atoms with E-state index in [1.807, 2.05) is 0 Å². The SMILES string of the molecule is CC(C)CCCCCCCOC(=O)C(CC(=O)O)S(=O)(=O)O.N.N. The van der Waals surface area contributed by atoms with Crippen molar-refractivity contribution in [1.82, 2.24) is 12.3 Å². The molecule has 0 fully saturated rings. The summed E-state index contributed by atoms with van der Waals surface area (Å²) in [7, 11) is -4.78. The van der Waals surface area contributed by atoms with Crippen LogP contribution in [0.3, 0.4) is 0 Å². The first-order valence-electron chi connectivity index (χ1n) is 7.49. The monoisotopic (exact) mass is 372 g/mol. The molecule has 0 aliphatic heterocycles. The number of carbonyl (C=O) groups is 2. The minimum absolute atomic E-state index is 0. The predicted octanol–water partition coefficient (Wildman–Crippen LogP) is 2.58. The smallest absolute Gasteiger partial charge is 0.327 e. The molecule has 9 nitrogen and oxygen atoms in total. The minimum Gasteiger partial charge on any atom is -0.481 e. The Morgan fingerprint density at radius 1 is 1.00 bits per heavy atom. The van der Waals surface area contributed by atoms with Crippen LogP contribution in [0.15, 0.2) is 0 Å². The van der Waals surface area contributed by atoms with Gasteiger partial charge in [-0.3, -0.25) is 14.1 Å². The zero-order valence-corrected chi connectivity index (χ0v) is 15.4. The van der Waals surface area contributed by atoms with Crippen LogP contribution in [-0.2, 0) is 24.4 Å². The first-order chi connectivity index (χ1) is 10.1. The van der Waals surface area contributed by atoms with Gasteiger partial charge in [0.2, 0.25) is 0 Å². The fraction of sp³-hybridized carbons (Fsp3) is 0.857. The zero-order valence-electron chi connectivity index (χ0n) is 14.6. The van der Waals surface area contributed by atoms with E-state index < -0.39 is 33.7 Å². The van der Waals surface area contributed by atoms with Gasteiger partial charge < -0.3 is 22.1 Å². The van der Waals surface area contributed by atoms with Crippen LogP contribution in [0.1, 0.15) is 58.8 Å². The standard InChI is InChI=1S/C14H26O7S.2H3N/c1-11(2)8-6-4-3-5-7-9-21-14(17)12(10-13(15)16)22(18,19)20;;/h11-12H,3-10H2,1-2H3,(H,15,16)(H,18,19,20);2*1H3. The van der Waals surface area contributed by atoms with Gasteiger partial charge in [-0.05, 0) is 12.3 Å². The Morgan fingerprint density at radius 2 is 1.50 bits per heavy atom. The average molecular weight is 372 g/mol. The van der Waals surface area contributed by atoms with Crippen molar-refractivity contribution in [2.45, 2.75) is 64.0 Å². The summed E-state index contributed by atoms with van der Waals surface area (Å²) in [4.78, 5) is 22.0. The molecular weight excluding hydrogens is 340 g/mol. The lowest BCUT2D eigenvalue weighted by atomic mass is 10.0. The fourth-order valence-corrected chi connectivity index (χ4v) is 2.58. The number of hydrogen-bond donors (Lipinski definition) is 4. The molecule has 0 rings (SSSR count). The Kier molecular flexibility index (Phi) is 16.3. The molecule has 10 heteroatoms. The maximum atomic E-state index is 11.5. The van der Waals surface area contributed by atoms with Gasteiger partial charge >= 0.3 is 11.9 Å². The lowest BCUT2D eigenvalue weighted by Gasteiger charge is -2.11. The number of aliphatic carboxylic acids is 1. The van der Waals surface area contributed by atoms with Crippen LogP contribution in [0.4, 0.5) is 0 Å². The molecule has 0 saturated carbocycles. The quantitative estimate of drug-likeness (QED) is 0.226. The van der Waals surface area contributed by atoms with Gasteiger partial charge in [0.05, 0.1) is 13.0 Å². The summed E-state index contributed by atoms with van der Waals surface area (Å²) in [6.07, 6.45) is 4.85. The number of carboxylic acids is 1. The van der Waals surface area contributed by atoms with Gasteiger partial charge in [-0.25, -0.2) is 0 Å². The van der Waals surface area contributed by atoms with E-state index in [2.05, 4.69) is 13.8 Å². The van der Waals surface area contributed by atoms with E-state index >= 15 is 0 Å². The van der Waals surface area contributed by atoms with Gasteiger partial charge in [0, 0.05) is 0 Å². The lowest BCUT2D eigenvalue weighted by molar-refractivity contribution is -0.147. The third-order valence-corrected chi connectivity index (χ3v) is 4.23. The summed E-state index contributed by atoms with van der Waals surface area (Å²) in [5.74, 6) is -2.03. The highest BCUT2D eigenvalue weighted by Gasteiger charge is 2.34. The van der Waals surface area contributed by atoms with Gasteiger partial charge in [0.15, 0.2) is 5.25 Å². The topological polar surface area (TPSA) is 188 Å². The van der Waals surface area contributed by atoms with E-state index in [0.29, 0.717) is 12.3 Å². The maximum absolute atomic E-state index is 11.5. The molecule has 0 aliphatic carbocycles. The van der Waals surface area contributed by atoms with E-state index in [-0.39, 0.29) is 18.9 Å². The van der Waals surface area contributed by atoms with Crippen LogP contribution in [0, 0.1) is 5.92 Å². The molecule has 0 aromatic rings. The zero-order chi connectivity index (χ0) is 17.2. The molecule has 1 unspecified atom stereocenters. The van der Waals surface area contributed by atoms with E-state index in [4.69, 9.17) is 14.4 Å². The van der Waals surface area contributed by atoms with E-state index in [0.717, 1.165) is 25.7 Å². The largest absolute Gasteiger partial charge is 0.481 e. The third-order valence-electron chi connectivity index (χ3n) is 3.15. The number of rotatable bonds is 12. The Labute approximate surface area is 144 Å². The van der Waals surface area contributed by atoms with Gasteiger partial charge in [0.25, 0.3) is 10.1 Å². The Hall–Kier alpha value is -1.23. The van der Waals surface area contributed by atoms with Crippen molar-refractivity contribution in [1.29, 1.82) is 0 Å². The molecule has 0 aromatic carbocycles. The van der Waals surface area contributed by atoms with Crippen LogP contribution >= 0.6 is 0 Å². The normalized spacial score (nSPS) is 12.0. The molecule has 146 valence electrons. The number of ether oxygens (including phenoxy) is 1. The molecule has 0 spiro atoms. The van der Waals surface area contributed by atoms with Crippen molar-refractivity contribution in [3.05, 3.63) is 0 Å². The first kappa shape index (κ1) is 27.6. The highest BCUT2D eigenvalue weighted by molar-refractivity contribution is 7.87. The molecule has 0 aliphatic rings. The summed E-state index contributed by atoms with van der Waals surface area (Å²) < 4.78 is 35.5. The van der Waals surface area contributed by atoms with Crippen molar-refractivity contribution in [3.63, 3.8) is 0 Å². The molecule has 0 saturated heterocycles. The van der Waals surface area contributed by atoms with Crippen LogP contribution in [-0.4, -0.2) is 41.9 Å². The van der Waals surface area contributed by atoms with Gasteiger partial charge in [-0.15, -0.1) is 0 Å². The minimum atomic E-state index is -4.78. The molecule has 0 bridgehead atoms. The Bertz CT molecular complexity index is 452. The second kappa shape index (κ2) is 14.1. The molecule has 0 amide bonds. The molecule has 24 heavy (non-hydrogen) atoms. The summed E-state index contributed by atoms with van der Waals surface area (Å²) in [5.41, 5.74) is 0. The number of carboxylic acid groups (broad SMARTS) is 1. The fourth-order valence-electron chi connectivity index (χ4n) is 1.92. The van der Waals surface area contributed by atoms with Crippen LogP contribution in [0.2, 0.25) is 0 Å². The number of unbranched alkanes of at least 4 members (excludes halogenated alkanes) is 4. The van der Waals surface area contributed by atoms with Gasteiger partial charge in [-0.1, -0.05) is 46.0 Å². The van der Waals surface area contributed by atoms with E-state index in [9.17, 15) is 18.0 Å². The molecule has 0 heterocycles. The summed E-state index contributed by atoms with van der Waals surface area (Å²) in [6, 6.07) is 0. The highest BCUT2D eigenvalue weighted by Crippen LogP contribution is 2.11. The van der Waals surface area contributed by atoms with Crippen molar-refractivity contribution in [3.8, 4) is 0 Å². The Balaban J connectivity index is -0.00000220. The average Bonchev–Trinajstić information content (AvgIpc) is 2.37. The molecule has 1 atom stereocenters. The van der Waals surface area contributed by atoms with Crippen molar-refractivity contribution >= 4 is 22.1 Å². The third kappa shape index (κ3) is 14.4. The molecular formula is C14H32N2O7S. The van der Waals surface area contributed by atoms with Gasteiger partial charge in [-0.2, -0.15) is 8.42 Å². The van der Waals surface area contributed by atoms with Gasteiger partial charge in [0.1, 0.15) is 0 Å². The van der Waals surface area contributed by atoms with Crippen LogP contribution < -0.4 is 12.3 Å². The Morgan fingerprint density at radius 3 is 1.96 bits per heavy atom. The summed E-state index contributed by atoms with van der Waals surface area (Å²) >= 11 is 0. The number of esters is 1. The number of carbonyl (C=O) groups excluding carboxylic acids is 1. The lowest BCUT2D eigenvalue weighted by Crippen LogP contribution is -2.34. The highest BCUT2D eigenvalue weighted by atomic mass is 32.2. The van der Waals surface area contributed by atoms with E-state index in [1.165, 1.54) is 6.42 Å². The van der Waals surface area contributed by atoms with Crippen molar-refractivity contribution in [2.75, 3.05) is 6.61 Å². The molecule has 0 aromatic heterocycles. The summed E-state index contributed by atoms with van der Waals surface area (Å²) in [5, 5.41) is 6.48. The van der Waals surface area contributed by atoms with Crippen LogP contribution in [0.5, 0.6) is 0 Å². The second-order valence-electron chi connectivity index (χ2n) is 5.72. The summed E-state index contributed by atoms with van der Waals surface area (Å²) in [6.45, 7) is 4.36. The maximum Gasteiger partial charge on any atom is 0.327 e. The van der Waals surface area contributed by atoms with Crippen molar-refractivity contribution in [2.24, 2.45) is 5.92 Å². The van der Waals surface area contributed by atoms with E-state index in [1.54, 1.807) is 0 Å². The molecule has 8 N–H and O–H groups in total. The first-order valence-corrected chi connectivity index (χ1v) is 8.99. The van der Waals surface area contributed by atoms with Crippen molar-refractivity contribution < 1.29 is 32.4 Å². The molecule has 0 radical (unpaired) electrons. The number of hydrogen-bond acceptors (Lipinski definition) is 7. The second-order valence-corrected chi connectivity index (χ2v) is 7.32. The predicted molar refractivity (Wildman–Crippen MR) is 91.1 cm³/mol. The van der Waals surface area contributed by atoms with Crippen LogP contribution in [0.25, 0.3) is 0 Å².